The van der Waals surface area contributed by atoms with Crippen LogP contribution in [0.1, 0.15) is 34.1 Å². The van der Waals surface area contributed by atoms with Crippen LogP contribution in [0.3, 0.4) is 0 Å². The number of thiazole rings is 1. The molecule has 1 N–H and O–H groups in total. The molecule has 0 unspecified atom stereocenters. The Morgan fingerprint density at radius 3 is 2.52 bits per heavy atom. The van der Waals surface area contributed by atoms with Crippen molar-refractivity contribution in [1.82, 2.24) is 10.3 Å². The summed E-state index contributed by atoms with van der Waals surface area (Å²) >= 11 is 1.74. The number of hydrogen-bond donors (Lipinski definition) is 1. The Balaban J connectivity index is 1.88. The number of nitro benzene ring substituents is 1. The summed E-state index contributed by atoms with van der Waals surface area (Å²) in [6.07, 6.45) is 0.953. The molecule has 0 saturated carbocycles. The Morgan fingerprint density at radius 1 is 1.33 bits per heavy atom. The van der Waals surface area contributed by atoms with Crippen LogP contribution in [-0.2, 0) is 6.42 Å². The Labute approximate surface area is 128 Å². The van der Waals surface area contributed by atoms with E-state index in [1.807, 2.05) is 13.8 Å². The Bertz CT molecular complexity index is 622. The minimum atomic E-state index is -0.378. The van der Waals surface area contributed by atoms with E-state index in [2.05, 4.69) is 17.2 Å². The van der Waals surface area contributed by atoms with Gasteiger partial charge in [0, 0.05) is 29.6 Å². The first-order valence-corrected chi connectivity index (χ1v) is 7.69. The van der Waals surface area contributed by atoms with Crippen LogP contribution in [-0.4, -0.2) is 16.5 Å². The van der Waals surface area contributed by atoms with Crippen molar-refractivity contribution in [1.29, 1.82) is 0 Å². The second kappa shape index (κ2) is 6.78. The van der Waals surface area contributed by atoms with Gasteiger partial charge in [0.2, 0.25) is 0 Å². The largest absolute Gasteiger partial charge is 0.310 e. The molecule has 6 heteroatoms. The number of non-ortho nitro benzene ring substituents is 1. The van der Waals surface area contributed by atoms with Crippen LogP contribution in [0.25, 0.3) is 0 Å². The number of aryl methyl sites for hydroxylation is 2. The number of nitrogens with one attached hydrogen (secondary N) is 1. The molecule has 112 valence electrons. The van der Waals surface area contributed by atoms with Gasteiger partial charge < -0.3 is 5.32 Å². The lowest BCUT2D eigenvalue weighted by atomic mass is 10.1. The Morgan fingerprint density at radius 2 is 2.00 bits per heavy atom. The molecule has 1 heterocycles. The van der Waals surface area contributed by atoms with Crippen LogP contribution in [0, 0.1) is 24.0 Å². The van der Waals surface area contributed by atoms with Crippen molar-refractivity contribution in [3.05, 3.63) is 55.5 Å². The second-order valence-corrected chi connectivity index (χ2v) is 6.30. The van der Waals surface area contributed by atoms with Gasteiger partial charge in [-0.1, -0.05) is 12.1 Å². The first kappa shape index (κ1) is 15.6. The quantitative estimate of drug-likeness (QED) is 0.654. The summed E-state index contributed by atoms with van der Waals surface area (Å²) in [6.45, 7) is 6.99. The highest BCUT2D eigenvalue weighted by Gasteiger charge is 2.09. The molecule has 5 nitrogen and oxygen atoms in total. The van der Waals surface area contributed by atoms with Crippen LogP contribution in [0.4, 0.5) is 5.69 Å². The highest BCUT2D eigenvalue weighted by atomic mass is 32.1. The lowest BCUT2D eigenvalue weighted by Crippen LogP contribution is -2.21. The third-order valence-corrected chi connectivity index (χ3v) is 4.54. The highest BCUT2D eigenvalue weighted by molar-refractivity contribution is 7.11. The van der Waals surface area contributed by atoms with E-state index in [9.17, 15) is 10.1 Å². The van der Waals surface area contributed by atoms with Crippen LogP contribution in [0.2, 0.25) is 0 Å². The van der Waals surface area contributed by atoms with Crippen LogP contribution in [0.5, 0.6) is 0 Å². The number of rotatable bonds is 6. The number of nitro groups is 1. The SMILES string of the molecule is Cc1nc(C)c(CCN[C@H](C)c2ccc([N+](=O)[O-])cc2)s1. The van der Waals surface area contributed by atoms with Gasteiger partial charge in [-0.25, -0.2) is 4.98 Å². The van der Waals surface area contributed by atoms with Gasteiger partial charge in [-0.3, -0.25) is 10.1 Å². The summed E-state index contributed by atoms with van der Waals surface area (Å²) in [7, 11) is 0. The highest BCUT2D eigenvalue weighted by Crippen LogP contribution is 2.19. The molecule has 1 aromatic carbocycles. The van der Waals surface area contributed by atoms with E-state index in [4.69, 9.17) is 0 Å². The van der Waals surface area contributed by atoms with E-state index in [0.29, 0.717) is 0 Å². The molecule has 2 rings (SSSR count). The monoisotopic (exact) mass is 305 g/mol. The van der Waals surface area contributed by atoms with Crippen molar-refractivity contribution in [3.63, 3.8) is 0 Å². The van der Waals surface area contributed by atoms with Gasteiger partial charge in [0.25, 0.3) is 5.69 Å². The van der Waals surface area contributed by atoms with Crippen molar-refractivity contribution < 1.29 is 4.92 Å². The molecule has 0 saturated heterocycles. The first-order valence-electron chi connectivity index (χ1n) is 6.88. The van der Waals surface area contributed by atoms with Crippen molar-refractivity contribution in [2.75, 3.05) is 6.54 Å². The van der Waals surface area contributed by atoms with Gasteiger partial charge in [0.05, 0.1) is 15.6 Å². The molecular formula is C15H19N3O2S. The summed E-state index contributed by atoms with van der Waals surface area (Å²) in [6, 6.07) is 6.87. The molecule has 1 atom stereocenters. The lowest BCUT2D eigenvalue weighted by Gasteiger charge is -2.13. The van der Waals surface area contributed by atoms with Gasteiger partial charge in [-0.05, 0) is 32.8 Å². The van der Waals surface area contributed by atoms with Gasteiger partial charge in [-0.2, -0.15) is 0 Å². The van der Waals surface area contributed by atoms with E-state index >= 15 is 0 Å². The molecular weight excluding hydrogens is 286 g/mol. The van der Waals surface area contributed by atoms with Gasteiger partial charge in [0.15, 0.2) is 0 Å². The maximum atomic E-state index is 10.6. The molecule has 21 heavy (non-hydrogen) atoms. The predicted octanol–water partition coefficient (Wildman–Crippen LogP) is 3.56. The topological polar surface area (TPSA) is 68.1 Å². The second-order valence-electron chi connectivity index (χ2n) is 5.02. The third kappa shape index (κ3) is 4.09. The third-order valence-electron chi connectivity index (χ3n) is 3.41. The fourth-order valence-corrected chi connectivity index (χ4v) is 3.15. The van der Waals surface area contributed by atoms with Gasteiger partial charge in [0.1, 0.15) is 0 Å². The summed E-state index contributed by atoms with van der Waals surface area (Å²) in [4.78, 5) is 16.0. The smallest absolute Gasteiger partial charge is 0.269 e. The van der Waals surface area contributed by atoms with E-state index in [1.54, 1.807) is 35.6 Å². The predicted molar refractivity (Wildman–Crippen MR) is 84.8 cm³/mol. The maximum absolute atomic E-state index is 10.6. The molecule has 2 aromatic rings. The lowest BCUT2D eigenvalue weighted by molar-refractivity contribution is -0.384. The van der Waals surface area contributed by atoms with Crippen molar-refractivity contribution >= 4 is 17.0 Å². The number of aromatic nitrogens is 1. The van der Waals surface area contributed by atoms with Crippen LogP contribution >= 0.6 is 11.3 Å². The van der Waals surface area contributed by atoms with E-state index in [0.717, 1.165) is 29.2 Å². The normalized spacial score (nSPS) is 12.3. The minimum absolute atomic E-state index is 0.127. The van der Waals surface area contributed by atoms with Gasteiger partial charge in [-0.15, -0.1) is 11.3 Å². The fraction of sp³-hybridized carbons (Fsp3) is 0.400. The number of hydrogen-bond acceptors (Lipinski definition) is 5. The minimum Gasteiger partial charge on any atom is -0.310 e. The molecule has 0 aliphatic carbocycles. The van der Waals surface area contributed by atoms with E-state index in [1.165, 1.54) is 4.88 Å². The summed E-state index contributed by atoms with van der Waals surface area (Å²) in [5.41, 5.74) is 2.29. The molecule has 0 spiro atoms. The Hall–Kier alpha value is -1.79. The molecule has 0 radical (unpaired) electrons. The fourth-order valence-electron chi connectivity index (χ4n) is 2.21. The zero-order valence-electron chi connectivity index (χ0n) is 12.4. The van der Waals surface area contributed by atoms with Gasteiger partial charge >= 0.3 is 0 Å². The average Bonchev–Trinajstić information content (AvgIpc) is 2.77. The molecule has 0 bridgehead atoms. The Kier molecular flexibility index (Phi) is 5.03. The van der Waals surface area contributed by atoms with Crippen molar-refractivity contribution in [2.24, 2.45) is 0 Å². The standard InChI is InChI=1S/C15H19N3O2S/c1-10(13-4-6-14(7-5-13)18(19)20)16-9-8-15-11(2)17-12(3)21-15/h4-7,10,16H,8-9H2,1-3H3/t10-/m1/s1. The van der Waals surface area contributed by atoms with E-state index in [-0.39, 0.29) is 16.7 Å². The molecule has 0 aliphatic heterocycles. The summed E-state index contributed by atoms with van der Waals surface area (Å²) in [5, 5.41) is 15.2. The van der Waals surface area contributed by atoms with Crippen molar-refractivity contribution in [2.45, 2.75) is 33.2 Å². The number of nitrogens with zero attached hydrogens (tertiary/aromatic N) is 2. The number of benzene rings is 1. The molecule has 1 aromatic heterocycles. The summed E-state index contributed by atoms with van der Waals surface area (Å²) in [5.74, 6) is 0. The maximum Gasteiger partial charge on any atom is 0.269 e. The summed E-state index contributed by atoms with van der Waals surface area (Å²) < 4.78 is 0. The molecule has 0 amide bonds. The zero-order chi connectivity index (χ0) is 15.4. The molecule has 0 aliphatic rings. The van der Waals surface area contributed by atoms with Crippen LogP contribution < -0.4 is 5.32 Å². The average molecular weight is 305 g/mol. The van der Waals surface area contributed by atoms with Crippen molar-refractivity contribution in [3.8, 4) is 0 Å². The van der Waals surface area contributed by atoms with E-state index < -0.39 is 0 Å². The zero-order valence-corrected chi connectivity index (χ0v) is 13.2. The molecule has 0 fully saturated rings. The van der Waals surface area contributed by atoms with Crippen LogP contribution in [0.15, 0.2) is 24.3 Å². The first-order chi connectivity index (χ1) is 9.97.